The minimum atomic E-state index is -0.414. The summed E-state index contributed by atoms with van der Waals surface area (Å²) in [7, 11) is 0. The molecule has 0 unspecified atom stereocenters. The minimum absolute atomic E-state index is 0.0493. The quantitative estimate of drug-likeness (QED) is 0.780. The zero-order chi connectivity index (χ0) is 14.2. The van der Waals surface area contributed by atoms with Gasteiger partial charge in [-0.05, 0) is 26.0 Å². The van der Waals surface area contributed by atoms with Gasteiger partial charge in [-0.3, -0.25) is 0 Å². The Morgan fingerprint density at radius 2 is 2.00 bits per heavy atom. The van der Waals surface area contributed by atoms with Crippen LogP contribution in [0.2, 0.25) is 0 Å². The highest BCUT2D eigenvalue weighted by molar-refractivity contribution is 5.87. The fraction of sp³-hybridized carbons (Fsp3) is 0.500. The number of hydrogen-bond donors (Lipinski definition) is 0. The second-order valence-corrected chi connectivity index (χ2v) is 5.85. The summed E-state index contributed by atoms with van der Waals surface area (Å²) in [6.07, 6.45) is 1.69. The van der Waals surface area contributed by atoms with E-state index in [4.69, 9.17) is 4.74 Å². The van der Waals surface area contributed by atoms with Gasteiger partial charge in [0, 0.05) is 5.41 Å². The molecular formula is C14H19N3O2. The average Bonchev–Trinajstić information content (AvgIpc) is 2.69. The third kappa shape index (κ3) is 2.92. The molecule has 19 heavy (non-hydrogen) atoms. The summed E-state index contributed by atoms with van der Waals surface area (Å²) in [6.45, 7) is 9.88. The molecule has 0 fully saturated rings. The van der Waals surface area contributed by atoms with Crippen molar-refractivity contribution in [3.05, 3.63) is 29.7 Å². The lowest BCUT2D eigenvalue weighted by Gasteiger charge is -2.13. The van der Waals surface area contributed by atoms with Gasteiger partial charge in [-0.25, -0.2) is 14.3 Å². The zero-order valence-electron chi connectivity index (χ0n) is 12.0. The SMILES string of the molecule is CC(C)OC(=O)c1ccc2nc(C(C)(C)C)cn2n1. The van der Waals surface area contributed by atoms with Crippen molar-refractivity contribution in [3.8, 4) is 0 Å². The second-order valence-electron chi connectivity index (χ2n) is 5.85. The van der Waals surface area contributed by atoms with Crippen LogP contribution in [0.1, 0.15) is 50.8 Å². The highest BCUT2D eigenvalue weighted by Crippen LogP contribution is 2.21. The molecule has 2 aromatic rings. The van der Waals surface area contributed by atoms with Crippen molar-refractivity contribution in [1.82, 2.24) is 14.6 Å². The smallest absolute Gasteiger partial charge is 0.359 e. The molecule has 5 nitrogen and oxygen atoms in total. The molecule has 0 N–H and O–H groups in total. The Hall–Kier alpha value is -1.91. The monoisotopic (exact) mass is 261 g/mol. The third-order valence-electron chi connectivity index (χ3n) is 2.64. The topological polar surface area (TPSA) is 56.5 Å². The fourth-order valence-corrected chi connectivity index (χ4v) is 1.63. The van der Waals surface area contributed by atoms with Gasteiger partial charge < -0.3 is 4.74 Å². The largest absolute Gasteiger partial charge is 0.458 e. The van der Waals surface area contributed by atoms with Gasteiger partial charge in [-0.15, -0.1) is 0 Å². The molecule has 0 aromatic carbocycles. The molecule has 0 aliphatic heterocycles. The maximum Gasteiger partial charge on any atom is 0.359 e. The van der Waals surface area contributed by atoms with E-state index in [1.54, 1.807) is 16.6 Å². The standard InChI is InChI=1S/C14H19N3O2/c1-9(2)19-13(18)10-6-7-12-15-11(14(3,4)5)8-17(12)16-10/h6-9H,1-5H3. The van der Waals surface area contributed by atoms with Gasteiger partial charge in [0.15, 0.2) is 11.3 Å². The maximum atomic E-state index is 11.8. The molecule has 0 atom stereocenters. The molecule has 0 aliphatic carbocycles. The van der Waals surface area contributed by atoms with E-state index in [-0.39, 0.29) is 11.5 Å². The van der Waals surface area contributed by atoms with Crippen molar-refractivity contribution in [1.29, 1.82) is 0 Å². The maximum absolute atomic E-state index is 11.8. The number of carbonyl (C=O) groups excluding carboxylic acids is 1. The van der Waals surface area contributed by atoms with Crippen LogP contribution in [0.5, 0.6) is 0 Å². The van der Waals surface area contributed by atoms with Crippen molar-refractivity contribution in [2.45, 2.75) is 46.1 Å². The number of carbonyl (C=O) groups is 1. The molecule has 0 saturated carbocycles. The van der Waals surface area contributed by atoms with Crippen LogP contribution in [0.4, 0.5) is 0 Å². The number of hydrogen-bond acceptors (Lipinski definition) is 4. The average molecular weight is 261 g/mol. The number of aromatic nitrogens is 3. The van der Waals surface area contributed by atoms with E-state index in [1.807, 2.05) is 20.0 Å². The van der Waals surface area contributed by atoms with Crippen molar-refractivity contribution < 1.29 is 9.53 Å². The van der Waals surface area contributed by atoms with Crippen LogP contribution in [0.25, 0.3) is 5.65 Å². The van der Waals surface area contributed by atoms with Crippen LogP contribution in [0.3, 0.4) is 0 Å². The van der Waals surface area contributed by atoms with Crippen LogP contribution in [-0.2, 0) is 10.2 Å². The van der Waals surface area contributed by atoms with E-state index in [1.165, 1.54) is 0 Å². The predicted octanol–water partition coefficient (Wildman–Crippen LogP) is 2.59. The number of ether oxygens (including phenoxy) is 1. The Bertz CT molecular complexity index is 609. The molecule has 2 rings (SSSR count). The first-order chi connectivity index (χ1) is 8.77. The number of imidazole rings is 1. The molecule has 0 bridgehead atoms. The summed E-state index contributed by atoms with van der Waals surface area (Å²) in [5.41, 5.74) is 1.91. The number of fused-ring (bicyclic) bond motifs is 1. The second kappa shape index (κ2) is 4.64. The summed E-state index contributed by atoms with van der Waals surface area (Å²) in [5.74, 6) is -0.414. The van der Waals surface area contributed by atoms with Crippen LogP contribution < -0.4 is 0 Å². The van der Waals surface area contributed by atoms with E-state index in [0.717, 1.165) is 11.3 Å². The van der Waals surface area contributed by atoms with Gasteiger partial charge in [0.2, 0.25) is 0 Å². The first-order valence-corrected chi connectivity index (χ1v) is 6.35. The van der Waals surface area contributed by atoms with E-state index in [0.29, 0.717) is 5.69 Å². The van der Waals surface area contributed by atoms with E-state index in [9.17, 15) is 4.79 Å². The summed E-state index contributed by atoms with van der Waals surface area (Å²) in [4.78, 5) is 16.3. The van der Waals surface area contributed by atoms with Crippen molar-refractivity contribution in [3.63, 3.8) is 0 Å². The number of esters is 1. The molecule has 0 spiro atoms. The summed E-state index contributed by atoms with van der Waals surface area (Å²) >= 11 is 0. The van der Waals surface area contributed by atoms with Gasteiger partial charge in [-0.2, -0.15) is 5.10 Å². The summed E-state index contributed by atoms with van der Waals surface area (Å²) in [5, 5.41) is 4.24. The van der Waals surface area contributed by atoms with Crippen LogP contribution in [0, 0.1) is 0 Å². The zero-order valence-corrected chi connectivity index (χ0v) is 12.0. The highest BCUT2D eigenvalue weighted by atomic mass is 16.5. The van der Waals surface area contributed by atoms with Gasteiger partial charge in [0.1, 0.15) is 0 Å². The molecule has 2 heterocycles. The van der Waals surface area contributed by atoms with Crippen LogP contribution >= 0.6 is 0 Å². The van der Waals surface area contributed by atoms with E-state index >= 15 is 0 Å². The minimum Gasteiger partial charge on any atom is -0.458 e. The molecular weight excluding hydrogens is 242 g/mol. The normalized spacial score (nSPS) is 12.1. The predicted molar refractivity (Wildman–Crippen MR) is 72.2 cm³/mol. The first kappa shape index (κ1) is 13.5. The Kier molecular flexibility index (Phi) is 3.30. The first-order valence-electron chi connectivity index (χ1n) is 6.35. The third-order valence-corrected chi connectivity index (χ3v) is 2.64. The van der Waals surface area contributed by atoms with Gasteiger partial charge in [0.05, 0.1) is 18.0 Å². The van der Waals surface area contributed by atoms with E-state index in [2.05, 4.69) is 30.9 Å². The summed E-state index contributed by atoms with van der Waals surface area (Å²) in [6, 6.07) is 3.42. The lowest BCUT2D eigenvalue weighted by molar-refractivity contribution is 0.0369. The van der Waals surface area contributed by atoms with Gasteiger partial charge in [-0.1, -0.05) is 20.8 Å². The molecule has 5 heteroatoms. The molecule has 0 aliphatic rings. The fourth-order valence-electron chi connectivity index (χ4n) is 1.63. The Morgan fingerprint density at radius 1 is 1.32 bits per heavy atom. The molecule has 0 saturated heterocycles. The lowest BCUT2D eigenvalue weighted by Crippen LogP contribution is -2.14. The van der Waals surface area contributed by atoms with E-state index < -0.39 is 5.97 Å². The molecule has 2 aromatic heterocycles. The van der Waals surface area contributed by atoms with Crippen LogP contribution in [0.15, 0.2) is 18.3 Å². The van der Waals surface area contributed by atoms with Crippen LogP contribution in [-0.4, -0.2) is 26.7 Å². The Balaban J connectivity index is 2.38. The lowest BCUT2D eigenvalue weighted by atomic mass is 9.93. The van der Waals surface area contributed by atoms with Gasteiger partial charge in [0.25, 0.3) is 0 Å². The number of rotatable bonds is 2. The van der Waals surface area contributed by atoms with Crippen molar-refractivity contribution >= 4 is 11.6 Å². The molecule has 0 amide bonds. The molecule has 0 radical (unpaired) electrons. The Morgan fingerprint density at radius 3 is 2.58 bits per heavy atom. The van der Waals surface area contributed by atoms with Crippen molar-refractivity contribution in [2.24, 2.45) is 0 Å². The van der Waals surface area contributed by atoms with Gasteiger partial charge >= 0.3 is 5.97 Å². The Labute approximate surface area is 112 Å². The molecule has 102 valence electrons. The summed E-state index contributed by atoms with van der Waals surface area (Å²) < 4.78 is 6.75. The number of nitrogens with zero attached hydrogens (tertiary/aromatic N) is 3. The highest BCUT2D eigenvalue weighted by Gasteiger charge is 2.19. The van der Waals surface area contributed by atoms with Crippen molar-refractivity contribution in [2.75, 3.05) is 0 Å².